The van der Waals surface area contributed by atoms with E-state index in [1.807, 2.05) is 4.98 Å². The molecule has 3 rings (SSSR count). The van der Waals surface area contributed by atoms with Gasteiger partial charge in [0.15, 0.2) is 0 Å². The van der Waals surface area contributed by atoms with Gasteiger partial charge in [-0.05, 0) is 36.4 Å². The molecule has 8 nitrogen and oxygen atoms in total. The Morgan fingerprint density at radius 3 is 2.23 bits per heavy atom. The van der Waals surface area contributed by atoms with Gasteiger partial charge in [0, 0.05) is 21.7 Å². The van der Waals surface area contributed by atoms with Gasteiger partial charge < -0.3 is 25.7 Å². The van der Waals surface area contributed by atoms with E-state index in [0.29, 0.717) is 0 Å². The van der Waals surface area contributed by atoms with Crippen LogP contribution in [0.4, 0.5) is 10.2 Å². The molecule has 0 spiro atoms. The predicted octanol–water partition coefficient (Wildman–Crippen LogP) is 4.05. The summed E-state index contributed by atoms with van der Waals surface area (Å²) in [5.74, 6) is -4.02. The van der Waals surface area contributed by atoms with Crippen LogP contribution in [0.25, 0.3) is 11.1 Å². The van der Waals surface area contributed by atoms with Crippen LogP contribution in [-0.4, -0.2) is 27.1 Å². The number of nitrogens with two attached hydrogens (primary N) is 1. The monoisotopic (exact) mass is 466 g/mol. The number of carboxylic acids is 2. The minimum atomic E-state index is -1.69. The molecule has 5 N–H and O–H groups in total. The number of aromatic carboxylic acids is 2. The molecule has 31 heavy (non-hydrogen) atoms. The van der Waals surface area contributed by atoms with Crippen LogP contribution in [0, 0.1) is 5.82 Å². The van der Waals surface area contributed by atoms with Gasteiger partial charge in [0.25, 0.3) is 5.56 Å². The average Bonchev–Trinajstić information content (AvgIpc) is 2.65. The van der Waals surface area contributed by atoms with Gasteiger partial charge in [-0.1, -0.05) is 23.2 Å². The van der Waals surface area contributed by atoms with Gasteiger partial charge in [-0.3, -0.25) is 4.79 Å². The number of halogens is 3. The Bertz CT molecular complexity index is 1260. The van der Waals surface area contributed by atoms with E-state index >= 15 is 0 Å². The third-order valence-corrected chi connectivity index (χ3v) is 4.78. The fourth-order valence-electron chi connectivity index (χ4n) is 3.01. The SMILES string of the molecule is Nc1[nH]c(=O)c(C(=O)O)c(-c2c(Cl)cc(Cl)cc2COc2ccc(F)cc2)c1C(=O)O. The maximum atomic E-state index is 13.1. The van der Waals surface area contributed by atoms with Crippen molar-refractivity contribution in [3.05, 3.63) is 79.3 Å². The third-order valence-electron chi connectivity index (χ3n) is 4.27. The topological polar surface area (TPSA) is 143 Å². The lowest BCUT2D eigenvalue weighted by Crippen LogP contribution is -2.24. The number of aromatic nitrogens is 1. The van der Waals surface area contributed by atoms with Crippen molar-refractivity contribution < 1.29 is 28.9 Å². The Morgan fingerprint density at radius 2 is 1.65 bits per heavy atom. The van der Waals surface area contributed by atoms with E-state index in [-0.39, 0.29) is 33.5 Å². The Hall–Kier alpha value is -3.56. The zero-order valence-corrected chi connectivity index (χ0v) is 16.9. The zero-order valence-electron chi connectivity index (χ0n) is 15.4. The Balaban J connectivity index is 2.28. The van der Waals surface area contributed by atoms with Crippen molar-refractivity contribution in [2.24, 2.45) is 0 Å². The summed E-state index contributed by atoms with van der Waals surface area (Å²) in [7, 11) is 0. The van der Waals surface area contributed by atoms with Crippen molar-refractivity contribution in [3.63, 3.8) is 0 Å². The fraction of sp³-hybridized carbons (Fsp3) is 0.0500. The molecular formula is C20H13Cl2FN2O6. The van der Waals surface area contributed by atoms with Crippen molar-refractivity contribution in [1.29, 1.82) is 0 Å². The van der Waals surface area contributed by atoms with Crippen LogP contribution in [0.5, 0.6) is 5.75 Å². The molecular weight excluding hydrogens is 454 g/mol. The number of carboxylic acid groups (broad SMARTS) is 2. The summed E-state index contributed by atoms with van der Waals surface area (Å²) < 4.78 is 18.7. The summed E-state index contributed by atoms with van der Waals surface area (Å²) in [4.78, 5) is 38.0. The lowest BCUT2D eigenvalue weighted by Gasteiger charge is -2.18. The number of ether oxygens (including phenoxy) is 1. The fourth-order valence-corrected chi connectivity index (χ4v) is 3.64. The quantitative estimate of drug-likeness (QED) is 0.429. The van der Waals surface area contributed by atoms with Crippen molar-refractivity contribution in [3.8, 4) is 16.9 Å². The second-order valence-corrected chi connectivity index (χ2v) is 7.11. The number of H-pyrrole nitrogens is 1. The number of carbonyl (C=O) groups is 2. The first kappa shape index (κ1) is 22.1. The first-order valence-electron chi connectivity index (χ1n) is 8.49. The molecule has 0 aliphatic rings. The number of nitrogen functional groups attached to an aromatic ring is 1. The summed E-state index contributed by atoms with van der Waals surface area (Å²) in [5, 5.41) is 19.3. The number of aromatic amines is 1. The predicted molar refractivity (Wildman–Crippen MR) is 112 cm³/mol. The highest BCUT2D eigenvalue weighted by atomic mass is 35.5. The number of hydrogen-bond acceptors (Lipinski definition) is 5. The smallest absolute Gasteiger partial charge is 0.342 e. The first-order valence-corrected chi connectivity index (χ1v) is 9.24. The normalized spacial score (nSPS) is 10.7. The molecule has 11 heteroatoms. The molecule has 1 heterocycles. The minimum absolute atomic E-state index is 0.0965. The Morgan fingerprint density at radius 1 is 1.03 bits per heavy atom. The molecule has 160 valence electrons. The lowest BCUT2D eigenvalue weighted by atomic mass is 9.92. The van der Waals surface area contributed by atoms with Gasteiger partial charge in [-0.15, -0.1) is 0 Å². The summed E-state index contributed by atoms with van der Waals surface area (Å²) in [6, 6.07) is 7.69. The molecule has 3 aromatic rings. The summed E-state index contributed by atoms with van der Waals surface area (Å²) in [6.07, 6.45) is 0. The molecule has 0 aliphatic heterocycles. The van der Waals surface area contributed by atoms with E-state index in [1.165, 1.54) is 36.4 Å². The first-order chi connectivity index (χ1) is 14.6. The molecule has 0 atom stereocenters. The van der Waals surface area contributed by atoms with E-state index in [4.69, 9.17) is 33.7 Å². The summed E-state index contributed by atoms with van der Waals surface area (Å²) in [6.45, 7) is -0.258. The van der Waals surface area contributed by atoms with E-state index in [2.05, 4.69) is 0 Å². The molecule has 0 saturated carbocycles. The van der Waals surface area contributed by atoms with Crippen LogP contribution >= 0.6 is 23.2 Å². The second kappa shape index (κ2) is 8.66. The average molecular weight is 467 g/mol. The molecule has 0 bridgehead atoms. The number of nitrogens with one attached hydrogen (secondary N) is 1. The van der Waals surface area contributed by atoms with Crippen molar-refractivity contribution >= 4 is 41.0 Å². The highest BCUT2D eigenvalue weighted by molar-refractivity contribution is 6.37. The molecule has 0 amide bonds. The van der Waals surface area contributed by atoms with Crippen LogP contribution in [0.15, 0.2) is 41.2 Å². The van der Waals surface area contributed by atoms with Crippen molar-refractivity contribution in [1.82, 2.24) is 4.98 Å². The minimum Gasteiger partial charge on any atom is -0.489 e. The highest BCUT2D eigenvalue weighted by Crippen LogP contribution is 2.39. The van der Waals surface area contributed by atoms with E-state index in [0.717, 1.165) is 0 Å². The van der Waals surface area contributed by atoms with Crippen LogP contribution < -0.4 is 16.0 Å². The van der Waals surface area contributed by atoms with Gasteiger partial charge in [-0.25, -0.2) is 14.0 Å². The Labute approximate surface area is 183 Å². The number of pyridine rings is 1. The van der Waals surface area contributed by atoms with Crippen molar-refractivity contribution in [2.45, 2.75) is 6.61 Å². The van der Waals surface area contributed by atoms with Gasteiger partial charge >= 0.3 is 11.9 Å². The molecule has 0 unspecified atom stereocenters. The maximum absolute atomic E-state index is 13.1. The molecule has 2 aromatic carbocycles. The van der Waals surface area contributed by atoms with Gasteiger partial charge in [-0.2, -0.15) is 0 Å². The Kier molecular flexibility index (Phi) is 6.19. The maximum Gasteiger partial charge on any atom is 0.342 e. The van der Waals surface area contributed by atoms with Crippen LogP contribution in [-0.2, 0) is 6.61 Å². The van der Waals surface area contributed by atoms with Crippen molar-refractivity contribution in [2.75, 3.05) is 5.73 Å². The molecule has 0 radical (unpaired) electrons. The summed E-state index contributed by atoms with van der Waals surface area (Å²) in [5.41, 5.74) is 2.65. The van der Waals surface area contributed by atoms with E-state index in [9.17, 15) is 29.0 Å². The van der Waals surface area contributed by atoms with E-state index in [1.54, 1.807) is 0 Å². The second-order valence-electron chi connectivity index (χ2n) is 6.27. The summed E-state index contributed by atoms with van der Waals surface area (Å²) >= 11 is 12.4. The number of hydrogen-bond donors (Lipinski definition) is 4. The zero-order chi connectivity index (χ0) is 22.9. The van der Waals surface area contributed by atoms with E-state index < -0.39 is 45.8 Å². The van der Waals surface area contributed by atoms with Crippen LogP contribution in [0.3, 0.4) is 0 Å². The standard InChI is InChI=1S/C20H13Cl2FN2O6/c21-9-5-8(7-31-11-3-1-10(23)2-4-11)13(12(22)6-9)14-15(19(27)28)17(24)25-18(26)16(14)20(29)30/h1-6H,7H2,(H,27,28)(H,29,30)(H3,24,25,26). The number of anilines is 1. The molecule has 0 fully saturated rings. The van der Waals surface area contributed by atoms with Crippen LogP contribution in [0.2, 0.25) is 10.0 Å². The lowest BCUT2D eigenvalue weighted by molar-refractivity contribution is 0.0695. The third kappa shape index (κ3) is 4.47. The van der Waals surface area contributed by atoms with Gasteiger partial charge in [0.2, 0.25) is 0 Å². The molecule has 0 saturated heterocycles. The largest absolute Gasteiger partial charge is 0.489 e. The van der Waals surface area contributed by atoms with Gasteiger partial charge in [0.05, 0.1) is 5.02 Å². The number of rotatable bonds is 6. The van der Waals surface area contributed by atoms with Gasteiger partial charge in [0.1, 0.15) is 35.1 Å². The number of benzene rings is 2. The molecule has 0 aliphatic carbocycles. The molecule has 1 aromatic heterocycles. The highest BCUT2D eigenvalue weighted by Gasteiger charge is 2.29. The van der Waals surface area contributed by atoms with Crippen LogP contribution in [0.1, 0.15) is 26.3 Å².